The first kappa shape index (κ1) is 15.8. The topological polar surface area (TPSA) is 14.2 Å². The lowest BCUT2D eigenvalue weighted by Crippen LogP contribution is -2.00. The summed E-state index contributed by atoms with van der Waals surface area (Å²) in [6, 6.07) is 36.4. The highest BCUT2D eigenvalue weighted by Gasteiger charge is 2.22. The Morgan fingerprint density at radius 1 is 0.467 bits per heavy atom. The zero-order chi connectivity index (χ0) is 19.7. The van der Waals surface area contributed by atoms with Gasteiger partial charge in [-0.05, 0) is 35.9 Å². The van der Waals surface area contributed by atoms with Crippen molar-refractivity contribution in [2.45, 2.75) is 0 Å². The summed E-state index contributed by atoms with van der Waals surface area (Å²) >= 11 is 0. The minimum Gasteiger partial charge on any atom is -0.456 e. The molecule has 6 aromatic rings. The Hall–Kier alpha value is -4.04. The fraction of sp³-hybridized carbons (Fsp3) is 0. The van der Waals surface area contributed by atoms with Crippen LogP contribution in [-0.4, -0.2) is 4.57 Å². The van der Waals surface area contributed by atoms with Gasteiger partial charge in [0.05, 0.1) is 16.7 Å². The molecule has 2 heteroatoms. The zero-order valence-corrected chi connectivity index (χ0v) is 16.2. The highest BCUT2D eigenvalue weighted by Crippen LogP contribution is 2.48. The first-order chi connectivity index (χ1) is 14.9. The summed E-state index contributed by atoms with van der Waals surface area (Å²) in [6.45, 7) is 0. The first-order valence-electron chi connectivity index (χ1n) is 10.2. The molecule has 0 aliphatic carbocycles. The van der Waals surface area contributed by atoms with Gasteiger partial charge in [-0.2, -0.15) is 0 Å². The highest BCUT2D eigenvalue weighted by molar-refractivity contribution is 6.12. The van der Waals surface area contributed by atoms with Crippen LogP contribution < -0.4 is 4.74 Å². The van der Waals surface area contributed by atoms with Crippen molar-refractivity contribution in [1.82, 2.24) is 4.57 Å². The molecule has 0 atom stereocenters. The minimum atomic E-state index is 0.919. The van der Waals surface area contributed by atoms with E-state index in [1.165, 1.54) is 43.8 Å². The number of ether oxygens (including phenoxy) is 1. The van der Waals surface area contributed by atoms with E-state index in [0.717, 1.165) is 17.1 Å². The van der Waals surface area contributed by atoms with Crippen molar-refractivity contribution in [2.75, 3.05) is 0 Å². The monoisotopic (exact) mass is 383 g/mol. The van der Waals surface area contributed by atoms with Gasteiger partial charge in [0.2, 0.25) is 0 Å². The molecule has 0 saturated heterocycles. The van der Waals surface area contributed by atoms with Crippen LogP contribution in [0.25, 0.3) is 49.4 Å². The van der Waals surface area contributed by atoms with Gasteiger partial charge in [-0.1, -0.05) is 72.8 Å². The molecule has 1 aliphatic rings. The Bertz CT molecular complexity index is 1570. The molecule has 0 spiro atoms. The Morgan fingerprint density at radius 2 is 1.10 bits per heavy atom. The summed E-state index contributed by atoms with van der Waals surface area (Å²) in [5.74, 6) is 1.84. The Morgan fingerprint density at radius 3 is 1.90 bits per heavy atom. The first-order valence-corrected chi connectivity index (χ1v) is 10.2. The third-order valence-corrected chi connectivity index (χ3v) is 6.20. The van der Waals surface area contributed by atoms with E-state index in [-0.39, 0.29) is 0 Å². The van der Waals surface area contributed by atoms with Crippen LogP contribution in [-0.2, 0) is 0 Å². The molecule has 2 nitrogen and oxygen atoms in total. The lowest BCUT2D eigenvalue weighted by molar-refractivity contribution is 0.487. The third kappa shape index (κ3) is 1.98. The van der Waals surface area contributed by atoms with E-state index in [9.17, 15) is 0 Å². The van der Waals surface area contributed by atoms with Crippen LogP contribution >= 0.6 is 0 Å². The maximum Gasteiger partial charge on any atom is 0.136 e. The maximum absolute atomic E-state index is 6.29. The van der Waals surface area contributed by atoms with Gasteiger partial charge in [0.15, 0.2) is 0 Å². The summed E-state index contributed by atoms with van der Waals surface area (Å²) in [5.41, 5.74) is 5.99. The third-order valence-electron chi connectivity index (χ3n) is 6.20. The Labute approximate surface area is 173 Å². The van der Waals surface area contributed by atoms with E-state index in [0.29, 0.717) is 0 Å². The molecule has 0 bridgehead atoms. The lowest BCUT2D eigenvalue weighted by Gasteiger charge is -2.23. The molecule has 0 fully saturated rings. The molecule has 1 aliphatic heterocycles. The number of benzene rings is 5. The van der Waals surface area contributed by atoms with Crippen LogP contribution in [0.4, 0.5) is 0 Å². The molecule has 30 heavy (non-hydrogen) atoms. The Kier molecular flexibility index (Phi) is 3.03. The van der Waals surface area contributed by atoms with Crippen molar-refractivity contribution in [2.24, 2.45) is 0 Å². The van der Waals surface area contributed by atoms with E-state index in [1.54, 1.807) is 0 Å². The Balaban J connectivity index is 1.64. The van der Waals surface area contributed by atoms with E-state index >= 15 is 0 Å². The molecule has 0 radical (unpaired) electrons. The predicted molar refractivity (Wildman–Crippen MR) is 124 cm³/mol. The average molecular weight is 383 g/mol. The van der Waals surface area contributed by atoms with Crippen LogP contribution in [0.3, 0.4) is 0 Å². The van der Waals surface area contributed by atoms with E-state index in [2.05, 4.69) is 95.6 Å². The summed E-state index contributed by atoms with van der Waals surface area (Å²) in [4.78, 5) is 0. The largest absolute Gasteiger partial charge is 0.456 e. The zero-order valence-electron chi connectivity index (χ0n) is 16.2. The smallest absolute Gasteiger partial charge is 0.136 e. The minimum absolute atomic E-state index is 0.919. The summed E-state index contributed by atoms with van der Waals surface area (Å²) in [7, 11) is 0. The number of rotatable bonds is 1. The number of fused-ring (bicyclic) bond motifs is 5. The van der Waals surface area contributed by atoms with Crippen LogP contribution in [0.2, 0.25) is 0 Å². The van der Waals surface area contributed by atoms with Crippen molar-refractivity contribution in [3.05, 3.63) is 103 Å². The highest BCUT2D eigenvalue weighted by atomic mass is 16.5. The molecule has 0 amide bonds. The van der Waals surface area contributed by atoms with Crippen LogP contribution in [0.15, 0.2) is 103 Å². The molecular formula is C28H17NO. The molecule has 0 N–H and O–H groups in total. The number of hydrogen-bond donors (Lipinski definition) is 0. The summed E-state index contributed by atoms with van der Waals surface area (Å²) < 4.78 is 8.67. The molecule has 0 saturated carbocycles. The molecule has 2 heterocycles. The SMILES string of the molecule is c1ccc2c(c1)Oc1ccc(-n3c4ccccc4c4ccccc43)c3cccc-2c13. The fourth-order valence-electron chi connectivity index (χ4n) is 4.94. The standard InChI is InChI=1S/C28H17NO/c1-4-13-23-18(8-1)19-9-2-5-14-24(19)29(23)25-16-17-27-28-21(11-7-12-22(25)28)20-10-3-6-15-26(20)30-27/h1-17H. The van der Waals surface area contributed by atoms with Crippen molar-refractivity contribution >= 4 is 32.6 Å². The second kappa shape index (κ2) is 5.74. The predicted octanol–water partition coefficient (Wildman–Crippen LogP) is 7.71. The van der Waals surface area contributed by atoms with Gasteiger partial charge >= 0.3 is 0 Å². The van der Waals surface area contributed by atoms with E-state index in [1.807, 2.05) is 12.1 Å². The van der Waals surface area contributed by atoms with Crippen LogP contribution in [0, 0.1) is 0 Å². The van der Waals surface area contributed by atoms with Gasteiger partial charge in [0, 0.05) is 27.1 Å². The fourth-order valence-corrected chi connectivity index (χ4v) is 4.94. The van der Waals surface area contributed by atoms with Gasteiger partial charge < -0.3 is 9.30 Å². The van der Waals surface area contributed by atoms with Crippen LogP contribution in [0.1, 0.15) is 0 Å². The molecule has 1 aromatic heterocycles. The lowest BCUT2D eigenvalue weighted by atomic mass is 9.94. The van der Waals surface area contributed by atoms with Gasteiger partial charge in [0.25, 0.3) is 0 Å². The molecule has 7 rings (SSSR count). The van der Waals surface area contributed by atoms with Gasteiger partial charge in [0.1, 0.15) is 11.5 Å². The second-order valence-electron chi connectivity index (χ2n) is 7.78. The maximum atomic E-state index is 6.29. The van der Waals surface area contributed by atoms with Crippen molar-refractivity contribution < 1.29 is 4.74 Å². The normalized spacial score (nSPS) is 12.3. The average Bonchev–Trinajstić information content (AvgIpc) is 3.14. The molecule has 140 valence electrons. The second-order valence-corrected chi connectivity index (χ2v) is 7.78. The quantitative estimate of drug-likeness (QED) is 0.283. The molecule has 5 aromatic carbocycles. The summed E-state index contributed by atoms with van der Waals surface area (Å²) in [6.07, 6.45) is 0. The van der Waals surface area contributed by atoms with Gasteiger partial charge in [-0.25, -0.2) is 0 Å². The number of hydrogen-bond acceptors (Lipinski definition) is 1. The van der Waals surface area contributed by atoms with Crippen molar-refractivity contribution in [1.29, 1.82) is 0 Å². The van der Waals surface area contributed by atoms with Gasteiger partial charge in [-0.15, -0.1) is 0 Å². The molecular weight excluding hydrogens is 366 g/mol. The summed E-state index contributed by atoms with van der Waals surface area (Å²) in [5, 5.41) is 4.92. The van der Waals surface area contributed by atoms with Crippen molar-refractivity contribution in [3.63, 3.8) is 0 Å². The van der Waals surface area contributed by atoms with E-state index < -0.39 is 0 Å². The number of nitrogens with zero attached hydrogens (tertiary/aromatic N) is 1. The van der Waals surface area contributed by atoms with E-state index in [4.69, 9.17) is 4.74 Å². The number of aromatic nitrogens is 1. The molecule has 0 unspecified atom stereocenters. The number of para-hydroxylation sites is 3. The van der Waals surface area contributed by atoms with Gasteiger partial charge in [-0.3, -0.25) is 0 Å². The van der Waals surface area contributed by atoms with Crippen molar-refractivity contribution in [3.8, 4) is 28.3 Å². The van der Waals surface area contributed by atoms with Crippen LogP contribution in [0.5, 0.6) is 11.5 Å².